The highest BCUT2D eigenvalue weighted by atomic mass is 19.1. The maximum atomic E-state index is 13.0. The molecule has 0 unspecified atom stereocenters. The van der Waals surface area contributed by atoms with Crippen LogP contribution >= 0.6 is 0 Å². The highest BCUT2D eigenvalue weighted by Gasteiger charge is 2.18. The van der Waals surface area contributed by atoms with Gasteiger partial charge in [-0.25, -0.2) is 4.39 Å². The number of rotatable bonds is 3. The lowest BCUT2D eigenvalue weighted by Gasteiger charge is -2.35. The maximum Gasteiger partial charge on any atom is 0.255 e. The first-order valence-electron chi connectivity index (χ1n) is 7.73. The van der Waals surface area contributed by atoms with Crippen LogP contribution < -0.4 is 10.2 Å². The number of likely N-dealkylation sites (N-methyl/N-ethyl adjacent to an activating group) is 1. The lowest BCUT2D eigenvalue weighted by molar-refractivity contribution is 0.102. The van der Waals surface area contributed by atoms with Crippen molar-refractivity contribution in [2.75, 3.05) is 43.4 Å². The molecule has 3 rings (SSSR count). The molecule has 120 valence electrons. The van der Waals surface area contributed by atoms with Gasteiger partial charge in [0.1, 0.15) is 5.82 Å². The van der Waals surface area contributed by atoms with Crippen molar-refractivity contribution in [2.24, 2.45) is 0 Å². The van der Waals surface area contributed by atoms with Crippen molar-refractivity contribution < 1.29 is 9.18 Å². The molecule has 4 nitrogen and oxygen atoms in total. The predicted octanol–water partition coefficient (Wildman–Crippen LogP) is 2.83. The van der Waals surface area contributed by atoms with Gasteiger partial charge in [-0.3, -0.25) is 4.79 Å². The number of piperazine rings is 1. The number of hydrogen-bond donors (Lipinski definition) is 1. The molecular weight excluding hydrogens is 293 g/mol. The molecule has 2 aromatic rings. The fraction of sp³-hybridized carbons (Fsp3) is 0.278. The van der Waals surface area contributed by atoms with Gasteiger partial charge in [-0.1, -0.05) is 12.1 Å². The second-order valence-corrected chi connectivity index (χ2v) is 5.77. The summed E-state index contributed by atoms with van der Waals surface area (Å²) in [6, 6.07) is 13.4. The Morgan fingerprint density at radius 3 is 2.35 bits per heavy atom. The minimum absolute atomic E-state index is 0.230. The minimum atomic E-state index is -0.348. The van der Waals surface area contributed by atoms with Crippen LogP contribution in [-0.4, -0.2) is 44.0 Å². The zero-order valence-corrected chi connectivity index (χ0v) is 13.1. The molecule has 5 heteroatoms. The Kier molecular flexibility index (Phi) is 4.57. The average Bonchev–Trinajstić information content (AvgIpc) is 2.57. The summed E-state index contributed by atoms with van der Waals surface area (Å²) < 4.78 is 13.0. The van der Waals surface area contributed by atoms with Gasteiger partial charge >= 0.3 is 0 Å². The monoisotopic (exact) mass is 313 g/mol. The third-order valence-corrected chi connectivity index (χ3v) is 4.10. The van der Waals surface area contributed by atoms with E-state index in [0.29, 0.717) is 5.56 Å². The number of hydrogen-bond acceptors (Lipinski definition) is 3. The standard InChI is InChI=1S/C18H20FN3O/c1-21-10-12-22(13-11-21)17-5-3-2-4-16(17)20-18(23)14-6-8-15(19)9-7-14/h2-9H,10-13H2,1H3,(H,20,23). The van der Waals surface area contributed by atoms with Crippen LogP contribution in [0.3, 0.4) is 0 Å². The Morgan fingerprint density at radius 2 is 1.65 bits per heavy atom. The van der Waals surface area contributed by atoms with Gasteiger partial charge in [-0.2, -0.15) is 0 Å². The quantitative estimate of drug-likeness (QED) is 0.946. The number of carbonyl (C=O) groups excluding carboxylic acids is 1. The van der Waals surface area contributed by atoms with E-state index in [1.807, 2.05) is 24.3 Å². The minimum Gasteiger partial charge on any atom is -0.367 e. The van der Waals surface area contributed by atoms with E-state index in [0.717, 1.165) is 37.6 Å². The summed E-state index contributed by atoms with van der Waals surface area (Å²) in [6.07, 6.45) is 0. The molecule has 23 heavy (non-hydrogen) atoms. The molecule has 1 aliphatic heterocycles. The lowest BCUT2D eigenvalue weighted by atomic mass is 10.1. The Morgan fingerprint density at radius 1 is 1.00 bits per heavy atom. The van der Waals surface area contributed by atoms with Crippen LogP contribution in [0.4, 0.5) is 15.8 Å². The van der Waals surface area contributed by atoms with Crippen molar-refractivity contribution in [1.29, 1.82) is 0 Å². The molecule has 1 fully saturated rings. The lowest BCUT2D eigenvalue weighted by Crippen LogP contribution is -2.44. The summed E-state index contributed by atoms with van der Waals surface area (Å²) in [4.78, 5) is 16.9. The van der Waals surface area contributed by atoms with Gasteiger partial charge in [0.25, 0.3) is 5.91 Å². The first-order chi connectivity index (χ1) is 11.1. The van der Waals surface area contributed by atoms with Crippen molar-refractivity contribution in [1.82, 2.24) is 4.90 Å². The predicted molar refractivity (Wildman–Crippen MR) is 90.5 cm³/mol. The van der Waals surface area contributed by atoms with E-state index in [-0.39, 0.29) is 11.7 Å². The van der Waals surface area contributed by atoms with Crippen molar-refractivity contribution in [3.05, 3.63) is 59.9 Å². The second-order valence-electron chi connectivity index (χ2n) is 5.77. The number of carbonyl (C=O) groups is 1. The number of benzene rings is 2. The van der Waals surface area contributed by atoms with E-state index in [9.17, 15) is 9.18 Å². The van der Waals surface area contributed by atoms with E-state index in [1.54, 1.807) is 0 Å². The van der Waals surface area contributed by atoms with Gasteiger partial charge in [0, 0.05) is 31.7 Å². The van der Waals surface area contributed by atoms with Crippen LogP contribution in [0.5, 0.6) is 0 Å². The summed E-state index contributed by atoms with van der Waals surface area (Å²) in [6.45, 7) is 3.86. The van der Waals surface area contributed by atoms with Crippen molar-refractivity contribution in [2.45, 2.75) is 0 Å². The smallest absolute Gasteiger partial charge is 0.255 e. The molecule has 0 atom stereocenters. The number of nitrogens with one attached hydrogen (secondary N) is 1. The second kappa shape index (κ2) is 6.79. The van der Waals surface area contributed by atoms with Crippen LogP contribution in [0.2, 0.25) is 0 Å². The van der Waals surface area contributed by atoms with Crippen molar-refractivity contribution in [3.63, 3.8) is 0 Å². The van der Waals surface area contributed by atoms with Crippen molar-refractivity contribution >= 4 is 17.3 Å². The van der Waals surface area contributed by atoms with Crippen LogP contribution in [0.25, 0.3) is 0 Å². The summed E-state index contributed by atoms with van der Waals surface area (Å²) >= 11 is 0. The molecule has 0 radical (unpaired) electrons. The SMILES string of the molecule is CN1CCN(c2ccccc2NC(=O)c2ccc(F)cc2)CC1. The maximum absolute atomic E-state index is 13.0. The topological polar surface area (TPSA) is 35.6 Å². The molecule has 0 saturated carbocycles. The first-order valence-corrected chi connectivity index (χ1v) is 7.73. The number of anilines is 2. The van der Waals surface area contributed by atoms with E-state index < -0.39 is 0 Å². The zero-order chi connectivity index (χ0) is 16.2. The van der Waals surface area contributed by atoms with Gasteiger partial charge < -0.3 is 15.1 Å². The number of para-hydroxylation sites is 2. The van der Waals surface area contributed by atoms with Gasteiger partial charge in [-0.05, 0) is 43.4 Å². The van der Waals surface area contributed by atoms with Gasteiger partial charge in [-0.15, -0.1) is 0 Å². The molecular formula is C18H20FN3O. The molecule has 1 N–H and O–H groups in total. The normalized spacial score (nSPS) is 15.5. The summed E-state index contributed by atoms with van der Waals surface area (Å²) in [5, 5.41) is 2.94. The Hall–Kier alpha value is -2.40. The summed E-state index contributed by atoms with van der Waals surface area (Å²) in [5.74, 6) is -0.578. The molecule has 0 bridgehead atoms. The Labute approximate surface area is 135 Å². The number of halogens is 1. The van der Waals surface area contributed by atoms with Gasteiger partial charge in [0.15, 0.2) is 0 Å². The average molecular weight is 313 g/mol. The van der Waals surface area contributed by atoms with Gasteiger partial charge in [0.05, 0.1) is 11.4 Å². The van der Waals surface area contributed by atoms with Crippen molar-refractivity contribution in [3.8, 4) is 0 Å². The van der Waals surface area contributed by atoms with E-state index >= 15 is 0 Å². The van der Waals surface area contributed by atoms with Crippen LogP contribution in [0.15, 0.2) is 48.5 Å². The zero-order valence-electron chi connectivity index (χ0n) is 13.1. The van der Waals surface area contributed by atoms with E-state index in [4.69, 9.17) is 0 Å². The third-order valence-electron chi connectivity index (χ3n) is 4.10. The third kappa shape index (κ3) is 3.68. The van der Waals surface area contributed by atoms with Crippen LogP contribution in [-0.2, 0) is 0 Å². The van der Waals surface area contributed by atoms with Crippen LogP contribution in [0, 0.1) is 5.82 Å². The summed E-state index contributed by atoms with van der Waals surface area (Å²) in [5.41, 5.74) is 2.25. The molecule has 2 aromatic carbocycles. The van der Waals surface area contributed by atoms with E-state index in [2.05, 4.69) is 22.2 Å². The molecule has 0 aromatic heterocycles. The van der Waals surface area contributed by atoms with E-state index in [1.165, 1.54) is 24.3 Å². The molecule has 1 amide bonds. The fourth-order valence-electron chi connectivity index (χ4n) is 2.70. The molecule has 0 spiro atoms. The molecule has 1 aliphatic rings. The Bertz CT molecular complexity index is 679. The van der Waals surface area contributed by atoms with Gasteiger partial charge in [0.2, 0.25) is 0 Å². The highest BCUT2D eigenvalue weighted by molar-refractivity contribution is 6.05. The Balaban J connectivity index is 1.77. The number of nitrogens with zero attached hydrogens (tertiary/aromatic N) is 2. The molecule has 1 saturated heterocycles. The number of amides is 1. The van der Waals surface area contributed by atoms with Crippen LogP contribution in [0.1, 0.15) is 10.4 Å². The first kappa shape index (κ1) is 15.5. The molecule has 0 aliphatic carbocycles. The largest absolute Gasteiger partial charge is 0.367 e. The summed E-state index contributed by atoms with van der Waals surface area (Å²) in [7, 11) is 2.11. The fourth-order valence-corrected chi connectivity index (χ4v) is 2.70. The highest BCUT2D eigenvalue weighted by Crippen LogP contribution is 2.27. The molecule has 1 heterocycles.